The zero-order valence-electron chi connectivity index (χ0n) is 17.6. The summed E-state index contributed by atoms with van der Waals surface area (Å²) in [6, 6.07) is 12.7. The molecule has 0 unspecified atom stereocenters. The smallest absolute Gasteiger partial charge is 0.217 e. The molecule has 0 saturated carbocycles. The van der Waals surface area contributed by atoms with E-state index in [9.17, 15) is 0 Å². The monoisotopic (exact) mass is 376 g/mol. The fraction of sp³-hybridized carbons (Fsp3) is 0.417. The Balaban J connectivity index is 1.93. The van der Waals surface area contributed by atoms with E-state index in [0.29, 0.717) is 13.2 Å². The molecular formula is C24H28N2O2. The van der Waals surface area contributed by atoms with E-state index in [-0.39, 0.29) is 11.1 Å². The Hall–Kier alpha value is -2.62. The highest BCUT2D eigenvalue weighted by Crippen LogP contribution is 2.35. The zero-order chi connectivity index (χ0) is 20.1. The van der Waals surface area contributed by atoms with Crippen LogP contribution < -0.4 is 0 Å². The fourth-order valence-corrected chi connectivity index (χ4v) is 3.78. The fourth-order valence-electron chi connectivity index (χ4n) is 3.78. The molecule has 4 rings (SSSR count). The summed E-state index contributed by atoms with van der Waals surface area (Å²) < 4.78 is 12.0. The second-order valence-corrected chi connectivity index (χ2v) is 9.03. The second-order valence-electron chi connectivity index (χ2n) is 9.03. The minimum atomic E-state index is -0.201. The molecule has 0 radical (unpaired) electrons. The van der Waals surface area contributed by atoms with Gasteiger partial charge in [0, 0.05) is 11.1 Å². The van der Waals surface area contributed by atoms with E-state index < -0.39 is 0 Å². The Bertz CT molecular complexity index is 918. The van der Waals surface area contributed by atoms with E-state index in [0.717, 1.165) is 45.2 Å². The zero-order valence-corrected chi connectivity index (χ0v) is 17.6. The highest BCUT2D eigenvalue weighted by molar-refractivity contribution is 6.08. The summed E-state index contributed by atoms with van der Waals surface area (Å²) in [5.41, 5.74) is 6.21. The maximum atomic E-state index is 6.01. The molecule has 2 aromatic rings. The number of rotatable bonds is 3. The van der Waals surface area contributed by atoms with Crippen molar-refractivity contribution in [3.05, 3.63) is 58.7 Å². The van der Waals surface area contributed by atoms with Crippen molar-refractivity contribution in [3.8, 4) is 11.1 Å². The molecule has 4 heteroatoms. The molecule has 28 heavy (non-hydrogen) atoms. The molecule has 2 aliphatic heterocycles. The van der Waals surface area contributed by atoms with Crippen LogP contribution in [0.4, 0.5) is 0 Å². The molecule has 146 valence electrons. The molecule has 0 aromatic heterocycles. The van der Waals surface area contributed by atoms with Crippen LogP contribution in [0.3, 0.4) is 0 Å². The number of aliphatic imine (C=N–C) groups is 2. The molecule has 0 amide bonds. The summed E-state index contributed by atoms with van der Waals surface area (Å²) >= 11 is 0. The number of hydrogen-bond acceptors (Lipinski definition) is 4. The SMILES string of the molecule is Cc1cccc(-c2cccc(C)c2C2=NC(C)(C)CO2)c1C1=NC(C)(C)CO1. The molecule has 0 bridgehead atoms. The van der Waals surface area contributed by atoms with Gasteiger partial charge in [0.25, 0.3) is 0 Å². The molecule has 2 aliphatic rings. The van der Waals surface area contributed by atoms with Crippen LogP contribution in [-0.2, 0) is 9.47 Å². The highest BCUT2D eigenvalue weighted by atomic mass is 16.5. The van der Waals surface area contributed by atoms with Crippen molar-refractivity contribution in [2.45, 2.75) is 52.6 Å². The van der Waals surface area contributed by atoms with E-state index in [4.69, 9.17) is 19.5 Å². The number of ether oxygens (including phenoxy) is 2. The largest absolute Gasteiger partial charge is 0.475 e. The highest BCUT2D eigenvalue weighted by Gasteiger charge is 2.32. The number of benzene rings is 2. The average Bonchev–Trinajstić information content (AvgIpc) is 3.15. The van der Waals surface area contributed by atoms with Gasteiger partial charge in [-0.05, 0) is 63.8 Å². The Morgan fingerprint density at radius 2 is 1.07 bits per heavy atom. The van der Waals surface area contributed by atoms with Gasteiger partial charge in [-0.15, -0.1) is 0 Å². The number of hydrogen-bond donors (Lipinski definition) is 0. The van der Waals surface area contributed by atoms with Crippen LogP contribution in [0.15, 0.2) is 46.4 Å². The molecular weight excluding hydrogens is 348 g/mol. The lowest BCUT2D eigenvalue weighted by Crippen LogP contribution is -2.17. The predicted octanol–water partition coefficient (Wildman–Crippen LogP) is 5.08. The van der Waals surface area contributed by atoms with E-state index in [1.807, 2.05) is 0 Å². The third-order valence-corrected chi connectivity index (χ3v) is 5.20. The first-order valence-corrected chi connectivity index (χ1v) is 9.83. The number of aryl methyl sites for hydroxylation is 2. The molecule has 0 spiro atoms. The minimum absolute atomic E-state index is 0.201. The molecule has 0 N–H and O–H groups in total. The Morgan fingerprint density at radius 3 is 1.39 bits per heavy atom. The van der Waals surface area contributed by atoms with Crippen molar-refractivity contribution in [1.82, 2.24) is 0 Å². The summed E-state index contributed by atoms with van der Waals surface area (Å²) in [5, 5.41) is 0. The van der Waals surface area contributed by atoms with Crippen molar-refractivity contribution in [2.75, 3.05) is 13.2 Å². The van der Waals surface area contributed by atoms with E-state index in [2.05, 4.69) is 77.9 Å². The maximum Gasteiger partial charge on any atom is 0.217 e. The van der Waals surface area contributed by atoms with Crippen LogP contribution in [0.1, 0.15) is 49.9 Å². The van der Waals surface area contributed by atoms with Gasteiger partial charge in [0.05, 0.1) is 11.1 Å². The molecule has 2 heterocycles. The lowest BCUT2D eigenvalue weighted by atomic mass is 9.90. The van der Waals surface area contributed by atoms with Crippen LogP contribution in [-0.4, -0.2) is 36.1 Å². The standard InChI is InChI=1S/C24H28N2O2/c1-15-9-7-11-17(19(15)21-25-23(3,4)13-27-21)18-12-8-10-16(2)20(18)22-26-24(5,6)14-28-22/h7-12H,13-14H2,1-6H3. The van der Waals surface area contributed by atoms with Gasteiger partial charge in [-0.2, -0.15) is 0 Å². The van der Waals surface area contributed by atoms with Crippen LogP contribution >= 0.6 is 0 Å². The van der Waals surface area contributed by atoms with Crippen LogP contribution in [0.5, 0.6) is 0 Å². The topological polar surface area (TPSA) is 43.2 Å². The first-order chi connectivity index (χ1) is 13.2. The van der Waals surface area contributed by atoms with Gasteiger partial charge >= 0.3 is 0 Å². The van der Waals surface area contributed by atoms with Gasteiger partial charge in [0.1, 0.15) is 13.2 Å². The summed E-state index contributed by atoms with van der Waals surface area (Å²) in [7, 11) is 0. The van der Waals surface area contributed by atoms with Gasteiger partial charge in [0.2, 0.25) is 11.8 Å². The van der Waals surface area contributed by atoms with Gasteiger partial charge in [-0.1, -0.05) is 36.4 Å². The van der Waals surface area contributed by atoms with E-state index in [1.54, 1.807) is 0 Å². The predicted molar refractivity (Wildman–Crippen MR) is 114 cm³/mol. The van der Waals surface area contributed by atoms with E-state index in [1.165, 1.54) is 0 Å². The molecule has 0 fully saturated rings. The van der Waals surface area contributed by atoms with Crippen molar-refractivity contribution in [2.24, 2.45) is 9.98 Å². The Morgan fingerprint density at radius 1 is 0.679 bits per heavy atom. The Labute approximate surface area is 167 Å². The summed E-state index contributed by atoms with van der Waals surface area (Å²) in [6.07, 6.45) is 0. The summed E-state index contributed by atoms with van der Waals surface area (Å²) in [5.74, 6) is 1.44. The third-order valence-electron chi connectivity index (χ3n) is 5.20. The van der Waals surface area contributed by atoms with Crippen LogP contribution in [0.25, 0.3) is 11.1 Å². The molecule has 0 atom stereocenters. The molecule has 0 saturated heterocycles. The first kappa shape index (κ1) is 18.7. The maximum absolute atomic E-state index is 6.01. The van der Waals surface area contributed by atoms with Crippen LogP contribution in [0.2, 0.25) is 0 Å². The van der Waals surface area contributed by atoms with Crippen molar-refractivity contribution in [3.63, 3.8) is 0 Å². The third kappa shape index (κ3) is 3.32. The second kappa shape index (κ2) is 6.47. The van der Waals surface area contributed by atoms with Gasteiger partial charge in [-0.25, -0.2) is 9.98 Å². The van der Waals surface area contributed by atoms with Crippen molar-refractivity contribution in [1.29, 1.82) is 0 Å². The van der Waals surface area contributed by atoms with Gasteiger partial charge < -0.3 is 9.47 Å². The molecule has 4 nitrogen and oxygen atoms in total. The lowest BCUT2D eigenvalue weighted by Gasteiger charge is -2.17. The first-order valence-electron chi connectivity index (χ1n) is 9.83. The minimum Gasteiger partial charge on any atom is -0.475 e. The quantitative estimate of drug-likeness (QED) is 0.750. The normalized spacial score (nSPS) is 19.6. The molecule has 2 aromatic carbocycles. The van der Waals surface area contributed by atoms with E-state index >= 15 is 0 Å². The Kier molecular flexibility index (Phi) is 4.33. The lowest BCUT2D eigenvalue weighted by molar-refractivity contribution is 0.279. The van der Waals surface area contributed by atoms with Gasteiger partial charge in [-0.3, -0.25) is 0 Å². The van der Waals surface area contributed by atoms with Gasteiger partial charge in [0.15, 0.2) is 0 Å². The summed E-state index contributed by atoms with van der Waals surface area (Å²) in [4.78, 5) is 9.69. The van der Waals surface area contributed by atoms with Crippen molar-refractivity contribution < 1.29 is 9.47 Å². The molecule has 0 aliphatic carbocycles. The van der Waals surface area contributed by atoms with Crippen LogP contribution in [0, 0.1) is 13.8 Å². The summed E-state index contributed by atoms with van der Waals surface area (Å²) in [6.45, 7) is 13.8. The van der Waals surface area contributed by atoms with Crippen molar-refractivity contribution >= 4 is 11.8 Å². The average molecular weight is 377 g/mol. The number of nitrogens with zero attached hydrogens (tertiary/aromatic N) is 2.